The Morgan fingerprint density at radius 2 is 1.96 bits per heavy atom. The summed E-state index contributed by atoms with van der Waals surface area (Å²) in [6, 6.07) is 2.96. The molecule has 0 fully saturated rings. The van der Waals surface area contributed by atoms with Gasteiger partial charge in [0, 0.05) is 12.1 Å². The second-order valence-corrected chi connectivity index (χ2v) is 4.41. The highest BCUT2D eigenvalue weighted by Gasteiger charge is 2.17. The highest BCUT2D eigenvalue weighted by Crippen LogP contribution is 2.39. The Morgan fingerprint density at radius 3 is 2.43 bits per heavy atom. The van der Waals surface area contributed by atoms with Crippen LogP contribution in [0, 0.1) is 0 Å². The molecule has 2 N–H and O–H groups in total. The molecule has 0 saturated carbocycles. The molecule has 1 rings (SSSR count). The van der Waals surface area contributed by atoms with E-state index in [1.165, 1.54) is 32.6 Å². The van der Waals surface area contributed by atoms with Crippen molar-refractivity contribution in [1.29, 1.82) is 0 Å². The molecule has 0 bridgehead atoms. The molecule has 0 atom stereocenters. The van der Waals surface area contributed by atoms with Gasteiger partial charge >= 0.3 is 6.61 Å². The first-order valence-corrected chi connectivity index (χ1v) is 6.81. The molecule has 0 aromatic heterocycles. The van der Waals surface area contributed by atoms with Gasteiger partial charge in [-0.15, -0.1) is 6.58 Å². The van der Waals surface area contributed by atoms with Gasteiger partial charge in [-0.05, 0) is 24.4 Å². The minimum atomic E-state index is -2.99. The SMILES string of the molecule is C=CCNC(=S)N/N=C\c1cc(OC)c(OC(F)F)c(OC)c1. The third-order valence-electron chi connectivity index (χ3n) is 2.48. The van der Waals surface area contributed by atoms with E-state index in [2.05, 4.69) is 27.2 Å². The molecule has 126 valence electrons. The predicted octanol–water partition coefficient (Wildman–Crippen LogP) is 2.29. The van der Waals surface area contributed by atoms with Crippen molar-refractivity contribution in [2.24, 2.45) is 5.10 Å². The fraction of sp³-hybridized carbons (Fsp3) is 0.286. The summed E-state index contributed by atoms with van der Waals surface area (Å²) in [6.45, 7) is 1.06. The molecule has 0 saturated heterocycles. The predicted molar refractivity (Wildman–Crippen MR) is 87.7 cm³/mol. The van der Waals surface area contributed by atoms with Crippen LogP contribution < -0.4 is 25.0 Å². The number of thiocarbonyl (C=S) groups is 1. The van der Waals surface area contributed by atoms with E-state index in [-0.39, 0.29) is 17.2 Å². The van der Waals surface area contributed by atoms with E-state index in [9.17, 15) is 8.78 Å². The molecule has 0 aliphatic rings. The highest BCUT2D eigenvalue weighted by molar-refractivity contribution is 7.80. The maximum Gasteiger partial charge on any atom is 0.387 e. The van der Waals surface area contributed by atoms with Crippen molar-refractivity contribution in [3.63, 3.8) is 0 Å². The largest absolute Gasteiger partial charge is 0.493 e. The third-order valence-corrected chi connectivity index (χ3v) is 2.71. The topological polar surface area (TPSA) is 64.1 Å². The van der Waals surface area contributed by atoms with Crippen LogP contribution in [0.15, 0.2) is 29.9 Å². The van der Waals surface area contributed by atoms with Gasteiger partial charge < -0.3 is 19.5 Å². The quantitative estimate of drug-likeness (QED) is 0.326. The van der Waals surface area contributed by atoms with E-state index in [1.807, 2.05) is 0 Å². The monoisotopic (exact) mass is 345 g/mol. The average molecular weight is 345 g/mol. The molecule has 0 heterocycles. The number of nitrogens with one attached hydrogen (secondary N) is 2. The van der Waals surface area contributed by atoms with E-state index >= 15 is 0 Å². The standard InChI is InChI=1S/C14H17F2N3O3S/c1-4-5-17-14(23)19-18-8-9-6-10(20-2)12(22-13(15)16)11(7-9)21-3/h4,6-8,13H,1,5H2,2-3H3,(H2,17,19,23)/b18-8-. The lowest BCUT2D eigenvalue weighted by Crippen LogP contribution is -2.31. The van der Waals surface area contributed by atoms with Crippen molar-refractivity contribution in [1.82, 2.24) is 10.7 Å². The smallest absolute Gasteiger partial charge is 0.387 e. The second-order valence-electron chi connectivity index (χ2n) is 4.00. The molecule has 0 aliphatic heterocycles. The molecule has 0 aliphatic carbocycles. The Bertz CT molecular complexity index is 557. The van der Waals surface area contributed by atoms with Gasteiger partial charge in [-0.2, -0.15) is 13.9 Å². The molecule has 1 aromatic carbocycles. The van der Waals surface area contributed by atoms with Crippen molar-refractivity contribution in [2.45, 2.75) is 6.61 Å². The number of hydrazone groups is 1. The van der Waals surface area contributed by atoms with Gasteiger partial charge in [-0.3, -0.25) is 5.43 Å². The molecule has 23 heavy (non-hydrogen) atoms. The van der Waals surface area contributed by atoms with Gasteiger partial charge in [0.25, 0.3) is 0 Å². The van der Waals surface area contributed by atoms with E-state index in [0.717, 1.165) is 0 Å². The van der Waals surface area contributed by atoms with E-state index < -0.39 is 6.61 Å². The first-order chi connectivity index (χ1) is 11.0. The Morgan fingerprint density at radius 1 is 1.35 bits per heavy atom. The number of benzene rings is 1. The zero-order valence-corrected chi connectivity index (χ0v) is 13.5. The van der Waals surface area contributed by atoms with Gasteiger partial charge in [-0.25, -0.2) is 0 Å². The Kier molecular flexibility index (Phi) is 7.75. The van der Waals surface area contributed by atoms with Crippen LogP contribution in [0.2, 0.25) is 0 Å². The second kappa shape index (κ2) is 9.57. The maximum atomic E-state index is 12.4. The number of hydrogen-bond donors (Lipinski definition) is 2. The number of halogens is 2. The van der Waals surface area contributed by atoms with Crippen LogP contribution >= 0.6 is 12.2 Å². The number of ether oxygens (including phenoxy) is 3. The zero-order chi connectivity index (χ0) is 17.2. The molecule has 0 spiro atoms. The fourth-order valence-corrected chi connectivity index (χ4v) is 1.69. The summed E-state index contributed by atoms with van der Waals surface area (Å²) in [5.41, 5.74) is 3.14. The lowest BCUT2D eigenvalue weighted by molar-refractivity contribution is -0.0526. The van der Waals surface area contributed by atoms with Crippen LogP contribution in [0.4, 0.5) is 8.78 Å². The molecular formula is C14H17F2N3O3S. The Labute approximate surface area is 138 Å². The van der Waals surface area contributed by atoms with Gasteiger partial charge in [0.15, 0.2) is 16.6 Å². The van der Waals surface area contributed by atoms with Gasteiger partial charge in [0.2, 0.25) is 5.75 Å². The van der Waals surface area contributed by atoms with Crippen LogP contribution in [0.3, 0.4) is 0 Å². The molecule has 0 unspecified atom stereocenters. The fourth-order valence-electron chi connectivity index (χ4n) is 1.55. The lowest BCUT2D eigenvalue weighted by atomic mass is 10.2. The zero-order valence-electron chi connectivity index (χ0n) is 12.6. The number of methoxy groups -OCH3 is 2. The van der Waals surface area contributed by atoms with Crippen LogP contribution in [-0.4, -0.2) is 38.7 Å². The van der Waals surface area contributed by atoms with Crippen molar-refractivity contribution in [3.8, 4) is 17.2 Å². The van der Waals surface area contributed by atoms with Crippen molar-refractivity contribution >= 4 is 23.5 Å². The molecular weight excluding hydrogens is 328 g/mol. The van der Waals surface area contributed by atoms with Crippen LogP contribution in [-0.2, 0) is 0 Å². The van der Waals surface area contributed by atoms with Crippen LogP contribution in [0.5, 0.6) is 17.2 Å². The summed E-state index contributed by atoms with van der Waals surface area (Å²) in [5, 5.41) is 7.07. The molecule has 1 aromatic rings. The maximum absolute atomic E-state index is 12.4. The summed E-state index contributed by atoms with van der Waals surface area (Å²) < 4.78 is 39.4. The van der Waals surface area contributed by atoms with Crippen LogP contribution in [0.25, 0.3) is 0 Å². The molecule has 0 amide bonds. The summed E-state index contributed by atoms with van der Waals surface area (Å²) >= 11 is 4.96. The number of nitrogens with zero attached hydrogens (tertiary/aromatic N) is 1. The van der Waals surface area contributed by atoms with E-state index in [1.54, 1.807) is 6.08 Å². The lowest BCUT2D eigenvalue weighted by Gasteiger charge is -2.14. The van der Waals surface area contributed by atoms with Gasteiger partial charge in [-0.1, -0.05) is 6.08 Å². The minimum absolute atomic E-state index is 0.0958. The van der Waals surface area contributed by atoms with E-state index in [0.29, 0.717) is 17.2 Å². The molecule has 9 heteroatoms. The molecule has 0 radical (unpaired) electrons. The first-order valence-electron chi connectivity index (χ1n) is 6.40. The highest BCUT2D eigenvalue weighted by atomic mass is 32.1. The van der Waals surface area contributed by atoms with Gasteiger partial charge in [0.1, 0.15) is 0 Å². The summed E-state index contributed by atoms with van der Waals surface area (Å²) in [6.07, 6.45) is 3.08. The van der Waals surface area contributed by atoms with Gasteiger partial charge in [0.05, 0.1) is 20.4 Å². The molecule has 6 nitrogen and oxygen atoms in total. The first kappa shape index (κ1) is 18.6. The van der Waals surface area contributed by atoms with E-state index in [4.69, 9.17) is 21.7 Å². The summed E-state index contributed by atoms with van der Waals surface area (Å²) in [4.78, 5) is 0. The summed E-state index contributed by atoms with van der Waals surface area (Å²) in [5.74, 6) is 0.00944. The third kappa shape index (κ3) is 6.07. The average Bonchev–Trinajstić information content (AvgIpc) is 2.53. The number of hydrogen-bond acceptors (Lipinski definition) is 5. The minimum Gasteiger partial charge on any atom is -0.493 e. The number of alkyl halides is 2. The Balaban J connectivity index is 2.91. The normalized spacial score (nSPS) is 10.5. The van der Waals surface area contributed by atoms with Crippen LogP contribution in [0.1, 0.15) is 5.56 Å². The van der Waals surface area contributed by atoms with Crippen molar-refractivity contribution in [2.75, 3.05) is 20.8 Å². The summed E-state index contributed by atoms with van der Waals surface area (Å²) in [7, 11) is 2.67. The number of rotatable bonds is 8. The Hall–Kier alpha value is -2.42. The van der Waals surface area contributed by atoms with Crippen molar-refractivity contribution < 1.29 is 23.0 Å². The van der Waals surface area contributed by atoms with Crippen molar-refractivity contribution in [3.05, 3.63) is 30.4 Å².